The summed E-state index contributed by atoms with van der Waals surface area (Å²) >= 11 is 0. The first kappa shape index (κ1) is 10.5. The van der Waals surface area contributed by atoms with Crippen LogP contribution < -0.4 is 0 Å². The van der Waals surface area contributed by atoms with E-state index in [0.717, 1.165) is 37.9 Å². The zero-order valence-corrected chi connectivity index (χ0v) is 9.34. The molecule has 0 fully saturated rings. The average molecular weight is 206 g/mol. The van der Waals surface area contributed by atoms with Gasteiger partial charge in [-0.1, -0.05) is 19.8 Å². The molecule has 1 aliphatic carbocycles. The van der Waals surface area contributed by atoms with Gasteiger partial charge in [0.1, 0.15) is 5.76 Å². The van der Waals surface area contributed by atoms with Crippen LogP contribution in [0.2, 0.25) is 0 Å². The minimum absolute atomic E-state index is 0.179. The van der Waals surface area contributed by atoms with E-state index < -0.39 is 0 Å². The largest absolute Gasteiger partial charge is 0.458 e. The van der Waals surface area contributed by atoms with Gasteiger partial charge in [-0.15, -0.1) is 0 Å². The fourth-order valence-corrected chi connectivity index (χ4v) is 2.13. The molecule has 0 radical (unpaired) electrons. The molecule has 0 atom stereocenters. The SMILES string of the molecule is CCCCCC(=O)c1cc2c(o1)CCC2. The van der Waals surface area contributed by atoms with Crippen molar-refractivity contribution < 1.29 is 9.21 Å². The van der Waals surface area contributed by atoms with Crippen molar-refractivity contribution in [2.75, 3.05) is 0 Å². The van der Waals surface area contributed by atoms with E-state index in [1.807, 2.05) is 6.07 Å². The summed E-state index contributed by atoms with van der Waals surface area (Å²) < 4.78 is 5.57. The van der Waals surface area contributed by atoms with Gasteiger partial charge < -0.3 is 4.42 Å². The van der Waals surface area contributed by atoms with Crippen LogP contribution in [-0.4, -0.2) is 5.78 Å². The van der Waals surface area contributed by atoms with Crippen molar-refractivity contribution in [2.24, 2.45) is 0 Å². The van der Waals surface area contributed by atoms with Crippen molar-refractivity contribution in [3.63, 3.8) is 0 Å². The minimum atomic E-state index is 0.179. The smallest absolute Gasteiger partial charge is 0.198 e. The average Bonchev–Trinajstić information content (AvgIpc) is 2.76. The number of carbonyl (C=O) groups is 1. The number of Topliss-reactive ketones (excluding diaryl/α,β-unsaturated/α-hetero) is 1. The number of hydrogen-bond acceptors (Lipinski definition) is 2. The zero-order chi connectivity index (χ0) is 10.7. The van der Waals surface area contributed by atoms with Crippen LogP contribution in [-0.2, 0) is 12.8 Å². The van der Waals surface area contributed by atoms with Gasteiger partial charge in [0.25, 0.3) is 0 Å². The molecule has 2 nitrogen and oxygen atoms in total. The minimum Gasteiger partial charge on any atom is -0.458 e. The van der Waals surface area contributed by atoms with E-state index in [1.165, 1.54) is 12.0 Å². The summed E-state index contributed by atoms with van der Waals surface area (Å²) in [5, 5.41) is 0. The van der Waals surface area contributed by atoms with Crippen molar-refractivity contribution in [2.45, 2.75) is 51.9 Å². The third-order valence-corrected chi connectivity index (χ3v) is 3.03. The predicted molar refractivity (Wildman–Crippen MR) is 59.2 cm³/mol. The van der Waals surface area contributed by atoms with E-state index in [9.17, 15) is 4.79 Å². The Morgan fingerprint density at radius 1 is 1.40 bits per heavy atom. The summed E-state index contributed by atoms with van der Waals surface area (Å²) in [6, 6.07) is 1.95. The van der Waals surface area contributed by atoms with Crippen LogP contribution >= 0.6 is 0 Å². The second-order valence-electron chi connectivity index (χ2n) is 4.29. The van der Waals surface area contributed by atoms with Crippen LogP contribution in [0.4, 0.5) is 0 Å². The molecule has 2 rings (SSSR count). The lowest BCUT2D eigenvalue weighted by Gasteiger charge is -1.96. The molecule has 0 saturated carbocycles. The molecule has 1 aromatic rings. The molecule has 0 saturated heterocycles. The van der Waals surface area contributed by atoms with Crippen LogP contribution in [0.25, 0.3) is 0 Å². The van der Waals surface area contributed by atoms with Gasteiger partial charge in [-0.3, -0.25) is 4.79 Å². The lowest BCUT2D eigenvalue weighted by molar-refractivity contribution is 0.0950. The summed E-state index contributed by atoms with van der Waals surface area (Å²) in [5.41, 5.74) is 1.26. The number of carbonyl (C=O) groups excluding carboxylic acids is 1. The van der Waals surface area contributed by atoms with Gasteiger partial charge in [0, 0.05) is 12.8 Å². The number of aryl methyl sites for hydroxylation is 2. The van der Waals surface area contributed by atoms with Crippen LogP contribution in [0.1, 0.15) is 60.9 Å². The molecule has 2 heteroatoms. The molecule has 0 aromatic carbocycles. The fourth-order valence-electron chi connectivity index (χ4n) is 2.13. The Morgan fingerprint density at radius 3 is 3.00 bits per heavy atom. The van der Waals surface area contributed by atoms with E-state index in [-0.39, 0.29) is 5.78 Å². The monoisotopic (exact) mass is 206 g/mol. The second-order valence-corrected chi connectivity index (χ2v) is 4.29. The lowest BCUT2D eigenvalue weighted by atomic mass is 10.1. The summed E-state index contributed by atoms with van der Waals surface area (Å²) in [6.07, 6.45) is 7.19. The molecule has 0 unspecified atom stereocenters. The first-order valence-electron chi connectivity index (χ1n) is 5.96. The van der Waals surface area contributed by atoms with Crippen LogP contribution in [0.3, 0.4) is 0 Å². The van der Waals surface area contributed by atoms with Crippen molar-refractivity contribution >= 4 is 5.78 Å². The molecule has 15 heavy (non-hydrogen) atoms. The predicted octanol–water partition coefficient (Wildman–Crippen LogP) is 3.53. The number of ketones is 1. The second kappa shape index (κ2) is 4.65. The molecule has 0 aliphatic heterocycles. The van der Waals surface area contributed by atoms with Gasteiger partial charge >= 0.3 is 0 Å². The molecule has 0 bridgehead atoms. The summed E-state index contributed by atoms with van der Waals surface area (Å²) in [6.45, 7) is 2.14. The van der Waals surface area contributed by atoms with Crippen molar-refractivity contribution in [3.8, 4) is 0 Å². The maximum atomic E-state index is 11.7. The van der Waals surface area contributed by atoms with Crippen molar-refractivity contribution in [1.29, 1.82) is 0 Å². The number of hydrogen-bond donors (Lipinski definition) is 0. The van der Waals surface area contributed by atoms with Crippen molar-refractivity contribution in [3.05, 3.63) is 23.2 Å². The Kier molecular flexibility index (Phi) is 3.24. The van der Waals surface area contributed by atoms with Crippen LogP contribution in [0, 0.1) is 0 Å². The fraction of sp³-hybridized carbons (Fsp3) is 0.615. The Bertz CT molecular complexity index is 328. The lowest BCUT2D eigenvalue weighted by Crippen LogP contribution is -1.96. The van der Waals surface area contributed by atoms with E-state index in [2.05, 4.69) is 6.92 Å². The standard InChI is InChI=1S/C13H18O2/c1-2-3-4-7-11(14)13-9-10-6-5-8-12(10)15-13/h9H,2-8H2,1H3. The molecule has 82 valence electrons. The Hall–Kier alpha value is -1.05. The van der Waals surface area contributed by atoms with Gasteiger partial charge in [-0.25, -0.2) is 0 Å². The molecule has 0 N–H and O–H groups in total. The zero-order valence-electron chi connectivity index (χ0n) is 9.34. The number of furan rings is 1. The molecule has 1 heterocycles. The van der Waals surface area contributed by atoms with E-state index in [1.54, 1.807) is 0 Å². The molecular formula is C13H18O2. The summed E-state index contributed by atoms with van der Waals surface area (Å²) in [7, 11) is 0. The molecule has 1 aromatic heterocycles. The Labute approximate surface area is 90.7 Å². The molecular weight excluding hydrogens is 188 g/mol. The molecule has 0 spiro atoms. The van der Waals surface area contributed by atoms with E-state index in [4.69, 9.17) is 4.42 Å². The quantitative estimate of drug-likeness (QED) is 0.545. The molecule has 0 amide bonds. The van der Waals surface area contributed by atoms with Gasteiger partial charge in [0.15, 0.2) is 11.5 Å². The third-order valence-electron chi connectivity index (χ3n) is 3.03. The maximum Gasteiger partial charge on any atom is 0.198 e. The number of rotatable bonds is 5. The van der Waals surface area contributed by atoms with E-state index in [0.29, 0.717) is 12.2 Å². The third kappa shape index (κ3) is 2.31. The van der Waals surface area contributed by atoms with Gasteiger partial charge in [0.05, 0.1) is 0 Å². The maximum absolute atomic E-state index is 11.7. The normalized spacial score (nSPS) is 14.2. The number of fused-ring (bicyclic) bond motifs is 1. The van der Waals surface area contributed by atoms with Gasteiger partial charge in [-0.05, 0) is 30.9 Å². The Morgan fingerprint density at radius 2 is 2.27 bits per heavy atom. The van der Waals surface area contributed by atoms with Crippen LogP contribution in [0.5, 0.6) is 0 Å². The van der Waals surface area contributed by atoms with Crippen molar-refractivity contribution in [1.82, 2.24) is 0 Å². The molecule has 1 aliphatic rings. The van der Waals surface area contributed by atoms with Gasteiger partial charge in [-0.2, -0.15) is 0 Å². The Balaban J connectivity index is 1.94. The van der Waals surface area contributed by atoms with Gasteiger partial charge in [0.2, 0.25) is 0 Å². The first-order valence-corrected chi connectivity index (χ1v) is 5.96. The highest BCUT2D eigenvalue weighted by Crippen LogP contribution is 2.26. The summed E-state index contributed by atoms with van der Waals surface area (Å²) in [5.74, 6) is 1.82. The first-order chi connectivity index (χ1) is 7.31. The number of unbranched alkanes of at least 4 members (excludes halogenated alkanes) is 2. The van der Waals surface area contributed by atoms with E-state index >= 15 is 0 Å². The highest BCUT2D eigenvalue weighted by molar-refractivity contribution is 5.93. The topological polar surface area (TPSA) is 30.2 Å². The highest BCUT2D eigenvalue weighted by Gasteiger charge is 2.19. The highest BCUT2D eigenvalue weighted by atomic mass is 16.3. The summed E-state index contributed by atoms with van der Waals surface area (Å²) in [4.78, 5) is 11.7. The van der Waals surface area contributed by atoms with Crippen LogP contribution in [0.15, 0.2) is 10.5 Å².